The molecule has 2 aliphatic rings. The Kier molecular flexibility index (Phi) is 5.56. The van der Waals surface area contributed by atoms with Gasteiger partial charge in [0.05, 0.1) is 11.7 Å². The van der Waals surface area contributed by atoms with Crippen LogP contribution in [0.4, 0.5) is 5.95 Å². The second kappa shape index (κ2) is 8.27. The highest BCUT2D eigenvalue weighted by atomic mass is 16.5. The van der Waals surface area contributed by atoms with Crippen LogP contribution in [0, 0.1) is 0 Å². The first kappa shape index (κ1) is 19.5. The molecule has 1 N–H and O–H groups in total. The van der Waals surface area contributed by atoms with Crippen LogP contribution in [0.2, 0.25) is 0 Å². The number of aromatic nitrogens is 3. The molecule has 0 radical (unpaired) electrons. The van der Waals surface area contributed by atoms with Crippen molar-refractivity contribution in [3.8, 4) is 5.75 Å². The van der Waals surface area contributed by atoms with Gasteiger partial charge >= 0.3 is 5.97 Å². The van der Waals surface area contributed by atoms with Crippen LogP contribution in [0.3, 0.4) is 0 Å². The van der Waals surface area contributed by atoms with E-state index in [9.17, 15) is 4.79 Å². The molecule has 2 aromatic rings. The van der Waals surface area contributed by atoms with Crippen molar-refractivity contribution in [3.05, 3.63) is 47.4 Å². The molecule has 0 saturated heterocycles. The summed E-state index contributed by atoms with van der Waals surface area (Å²) < 4.78 is 13.5. The van der Waals surface area contributed by atoms with E-state index in [0.29, 0.717) is 11.5 Å². The van der Waals surface area contributed by atoms with Crippen molar-refractivity contribution < 1.29 is 14.3 Å². The summed E-state index contributed by atoms with van der Waals surface area (Å²) in [5.41, 5.74) is 2.22. The Bertz CT molecular complexity index is 912. The van der Waals surface area contributed by atoms with Gasteiger partial charge < -0.3 is 14.8 Å². The molecule has 1 aromatic carbocycles. The van der Waals surface area contributed by atoms with Gasteiger partial charge in [-0.3, -0.25) is 0 Å². The lowest BCUT2D eigenvalue weighted by atomic mass is 9.94. The van der Waals surface area contributed by atoms with Crippen molar-refractivity contribution in [2.24, 2.45) is 0 Å². The molecule has 0 amide bonds. The normalized spacial score (nSPS) is 19.7. The van der Waals surface area contributed by atoms with Gasteiger partial charge in [-0.25, -0.2) is 9.48 Å². The number of rotatable bonds is 5. The fourth-order valence-corrected chi connectivity index (χ4v) is 4.09. The Morgan fingerprint density at radius 2 is 2.03 bits per heavy atom. The lowest BCUT2D eigenvalue weighted by molar-refractivity contribution is -0.146. The molecule has 1 aromatic heterocycles. The Labute approximate surface area is 171 Å². The molecular formula is C22H28N4O3. The highest BCUT2D eigenvalue weighted by Gasteiger charge is 2.35. The minimum Gasteiger partial charge on any atom is -0.491 e. The minimum absolute atomic E-state index is 0.00930. The molecule has 4 rings (SSSR count). The zero-order chi connectivity index (χ0) is 20.4. The number of hydrogen-bond acceptors (Lipinski definition) is 6. The van der Waals surface area contributed by atoms with Crippen LogP contribution in [-0.4, -0.2) is 32.9 Å². The first-order chi connectivity index (χ1) is 14.0. The Morgan fingerprint density at radius 1 is 1.24 bits per heavy atom. The monoisotopic (exact) mass is 396 g/mol. The number of nitrogens with one attached hydrogen (secondary N) is 1. The van der Waals surface area contributed by atoms with Gasteiger partial charge in [0.15, 0.2) is 0 Å². The predicted molar refractivity (Wildman–Crippen MR) is 110 cm³/mol. The Morgan fingerprint density at radius 3 is 2.79 bits per heavy atom. The number of hydrogen-bond donors (Lipinski definition) is 1. The largest absolute Gasteiger partial charge is 0.491 e. The van der Waals surface area contributed by atoms with Crippen molar-refractivity contribution in [1.29, 1.82) is 0 Å². The first-order valence-electron chi connectivity index (χ1n) is 10.4. The third kappa shape index (κ3) is 4.13. The molecule has 1 saturated carbocycles. The van der Waals surface area contributed by atoms with E-state index in [0.717, 1.165) is 42.7 Å². The maximum Gasteiger partial charge on any atom is 0.338 e. The molecule has 7 heteroatoms. The van der Waals surface area contributed by atoms with E-state index in [1.807, 2.05) is 45.0 Å². The van der Waals surface area contributed by atoms with Gasteiger partial charge in [0.25, 0.3) is 0 Å². The topological polar surface area (TPSA) is 78.3 Å². The van der Waals surface area contributed by atoms with Crippen LogP contribution >= 0.6 is 0 Å². The fourth-order valence-electron chi connectivity index (χ4n) is 4.09. The summed E-state index contributed by atoms with van der Waals surface area (Å²) in [6.07, 6.45) is 6.85. The van der Waals surface area contributed by atoms with Crippen molar-refractivity contribution in [2.45, 2.75) is 71.1 Å². The molecule has 1 fully saturated rings. The third-order valence-electron chi connectivity index (χ3n) is 5.39. The molecule has 1 unspecified atom stereocenters. The number of ether oxygens (including phenoxy) is 2. The molecule has 1 aliphatic heterocycles. The predicted octanol–water partition coefficient (Wildman–Crippen LogP) is 4.23. The highest BCUT2D eigenvalue weighted by Crippen LogP contribution is 2.37. The van der Waals surface area contributed by atoms with Gasteiger partial charge in [-0.2, -0.15) is 10.1 Å². The van der Waals surface area contributed by atoms with E-state index >= 15 is 0 Å². The number of carbonyl (C=O) groups excluding carboxylic acids is 1. The first-order valence-corrected chi connectivity index (χ1v) is 10.4. The fraction of sp³-hybridized carbons (Fsp3) is 0.500. The van der Waals surface area contributed by atoms with Crippen LogP contribution in [0.1, 0.15) is 64.5 Å². The molecular weight excluding hydrogens is 368 g/mol. The quantitative estimate of drug-likeness (QED) is 0.762. The summed E-state index contributed by atoms with van der Waals surface area (Å²) in [6.45, 7) is 5.87. The van der Waals surface area contributed by atoms with Crippen LogP contribution in [0.25, 0.3) is 0 Å². The van der Waals surface area contributed by atoms with Crippen molar-refractivity contribution in [1.82, 2.24) is 14.8 Å². The SMILES string of the molecule is CC1=C(C(=O)OC2CCCCC2)C(c2cccc(OC(C)C)c2)n2ncnc2N1. The van der Waals surface area contributed by atoms with Gasteiger partial charge in [0, 0.05) is 5.70 Å². The summed E-state index contributed by atoms with van der Waals surface area (Å²) in [5.74, 6) is 1.08. The number of anilines is 1. The smallest absolute Gasteiger partial charge is 0.338 e. The number of nitrogens with zero attached hydrogens (tertiary/aromatic N) is 3. The van der Waals surface area contributed by atoms with Gasteiger partial charge in [-0.05, 0) is 64.2 Å². The number of carbonyl (C=O) groups is 1. The standard InChI is InChI=1S/C22H28N4O3/c1-14(2)28-18-11-7-8-16(12-18)20-19(15(3)25-22-23-13-24-26(20)22)21(27)29-17-9-5-4-6-10-17/h7-8,11-14,17,20H,4-6,9-10H2,1-3H3,(H,23,24,25). The van der Waals surface area contributed by atoms with E-state index in [-0.39, 0.29) is 18.2 Å². The molecule has 154 valence electrons. The summed E-state index contributed by atoms with van der Waals surface area (Å²) in [7, 11) is 0. The van der Waals surface area contributed by atoms with E-state index in [2.05, 4.69) is 15.4 Å². The Balaban J connectivity index is 1.69. The van der Waals surface area contributed by atoms with E-state index < -0.39 is 6.04 Å². The zero-order valence-corrected chi connectivity index (χ0v) is 17.2. The lowest BCUT2D eigenvalue weighted by Gasteiger charge is -2.30. The molecule has 29 heavy (non-hydrogen) atoms. The second-order valence-electron chi connectivity index (χ2n) is 8.00. The summed E-state index contributed by atoms with van der Waals surface area (Å²) in [5, 5.41) is 7.57. The Hall–Kier alpha value is -2.83. The van der Waals surface area contributed by atoms with E-state index in [1.54, 1.807) is 4.68 Å². The molecule has 2 heterocycles. The molecule has 0 spiro atoms. The molecule has 0 bridgehead atoms. The van der Waals surface area contributed by atoms with Crippen LogP contribution in [0.15, 0.2) is 41.9 Å². The van der Waals surface area contributed by atoms with Crippen LogP contribution < -0.4 is 10.1 Å². The lowest BCUT2D eigenvalue weighted by Crippen LogP contribution is -2.32. The van der Waals surface area contributed by atoms with Gasteiger partial charge in [-0.1, -0.05) is 18.6 Å². The maximum atomic E-state index is 13.2. The summed E-state index contributed by atoms with van der Waals surface area (Å²) >= 11 is 0. The average Bonchev–Trinajstić information content (AvgIpc) is 3.15. The highest BCUT2D eigenvalue weighted by molar-refractivity contribution is 5.92. The number of allylic oxidation sites excluding steroid dienone is 1. The number of fused-ring (bicyclic) bond motifs is 1. The maximum absolute atomic E-state index is 13.2. The molecule has 1 atom stereocenters. The third-order valence-corrected chi connectivity index (χ3v) is 5.39. The summed E-state index contributed by atoms with van der Waals surface area (Å²) in [6, 6.07) is 7.38. The van der Waals surface area contributed by atoms with E-state index in [4.69, 9.17) is 9.47 Å². The van der Waals surface area contributed by atoms with Gasteiger partial charge in [-0.15, -0.1) is 0 Å². The van der Waals surface area contributed by atoms with Gasteiger partial charge in [0.2, 0.25) is 5.95 Å². The van der Waals surface area contributed by atoms with E-state index in [1.165, 1.54) is 12.7 Å². The molecule has 7 nitrogen and oxygen atoms in total. The number of esters is 1. The van der Waals surface area contributed by atoms with Crippen molar-refractivity contribution >= 4 is 11.9 Å². The summed E-state index contributed by atoms with van der Waals surface area (Å²) in [4.78, 5) is 17.5. The van der Waals surface area contributed by atoms with Crippen LogP contribution in [0.5, 0.6) is 5.75 Å². The second-order valence-corrected chi connectivity index (χ2v) is 8.00. The molecule has 1 aliphatic carbocycles. The zero-order valence-electron chi connectivity index (χ0n) is 17.2. The minimum atomic E-state index is -0.416. The number of benzene rings is 1. The van der Waals surface area contributed by atoms with Crippen LogP contribution in [-0.2, 0) is 9.53 Å². The van der Waals surface area contributed by atoms with Crippen molar-refractivity contribution in [2.75, 3.05) is 5.32 Å². The average molecular weight is 396 g/mol. The van der Waals surface area contributed by atoms with Crippen molar-refractivity contribution in [3.63, 3.8) is 0 Å². The van der Waals surface area contributed by atoms with Gasteiger partial charge in [0.1, 0.15) is 24.2 Å².